The van der Waals surface area contributed by atoms with E-state index in [2.05, 4.69) is 27.4 Å². The first-order valence-electron chi connectivity index (χ1n) is 6.06. The lowest BCUT2D eigenvalue weighted by Gasteiger charge is -2.21. The van der Waals surface area contributed by atoms with Crippen LogP contribution in [0, 0.1) is 5.92 Å². The van der Waals surface area contributed by atoms with E-state index in [-0.39, 0.29) is 0 Å². The molecule has 1 fully saturated rings. The molecular weight excluding hydrogens is 198 g/mol. The minimum atomic E-state index is 0.745. The summed E-state index contributed by atoms with van der Waals surface area (Å²) in [6, 6.07) is 8.24. The predicted molar refractivity (Wildman–Crippen MR) is 65.4 cm³/mol. The number of benzene rings is 1. The molecule has 1 saturated heterocycles. The highest BCUT2D eigenvalue weighted by Gasteiger charge is 2.15. The van der Waals surface area contributed by atoms with E-state index in [1.54, 1.807) is 0 Å². The molecule has 3 nitrogen and oxygen atoms in total. The normalized spacial score (nSPS) is 21.4. The largest absolute Gasteiger partial charge is 0.342 e. The summed E-state index contributed by atoms with van der Waals surface area (Å²) in [5.74, 6) is 1.88. The SMILES string of the molecule is c1ccc2[nH]c(CC3CCCNC3)nc2c1. The van der Waals surface area contributed by atoms with Gasteiger partial charge in [0.2, 0.25) is 0 Å². The fraction of sp³-hybridized carbons (Fsp3) is 0.462. The van der Waals surface area contributed by atoms with Crippen molar-refractivity contribution in [2.75, 3.05) is 13.1 Å². The summed E-state index contributed by atoms with van der Waals surface area (Å²) in [6.07, 6.45) is 3.69. The van der Waals surface area contributed by atoms with Gasteiger partial charge in [0.05, 0.1) is 11.0 Å². The molecule has 0 bridgehead atoms. The van der Waals surface area contributed by atoms with Crippen molar-refractivity contribution >= 4 is 11.0 Å². The molecule has 84 valence electrons. The van der Waals surface area contributed by atoms with Crippen molar-refractivity contribution in [2.45, 2.75) is 19.3 Å². The van der Waals surface area contributed by atoms with Crippen molar-refractivity contribution < 1.29 is 0 Å². The zero-order chi connectivity index (χ0) is 10.8. The number of imidazole rings is 1. The minimum Gasteiger partial charge on any atom is -0.342 e. The van der Waals surface area contributed by atoms with Crippen molar-refractivity contribution in [2.24, 2.45) is 5.92 Å². The van der Waals surface area contributed by atoms with Gasteiger partial charge in [-0.15, -0.1) is 0 Å². The van der Waals surface area contributed by atoms with Crippen molar-refractivity contribution in [3.05, 3.63) is 30.1 Å². The number of piperidine rings is 1. The number of para-hydroxylation sites is 2. The molecule has 0 radical (unpaired) electrons. The van der Waals surface area contributed by atoms with Crippen LogP contribution in [0.5, 0.6) is 0 Å². The molecule has 1 atom stereocenters. The van der Waals surface area contributed by atoms with Gasteiger partial charge >= 0.3 is 0 Å². The Labute approximate surface area is 95.3 Å². The summed E-state index contributed by atoms with van der Waals surface area (Å²) in [4.78, 5) is 8.03. The van der Waals surface area contributed by atoms with Crippen molar-refractivity contribution in [3.63, 3.8) is 0 Å². The first-order valence-corrected chi connectivity index (χ1v) is 6.06. The third-order valence-corrected chi connectivity index (χ3v) is 3.32. The molecule has 1 aliphatic rings. The molecule has 1 aromatic carbocycles. The van der Waals surface area contributed by atoms with Gasteiger partial charge in [0.25, 0.3) is 0 Å². The third kappa shape index (κ3) is 1.95. The number of hydrogen-bond acceptors (Lipinski definition) is 2. The van der Waals surface area contributed by atoms with Crippen LogP contribution in [-0.4, -0.2) is 23.1 Å². The monoisotopic (exact) mass is 215 g/mol. The Morgan fingerprint density at radius 2 is 2.25 bits per heavy atom. The van der Waals surface area contributed by atoms with E-state index < -0.39 is 0 Å². The maximum absolute atomic E-state index is 4.62. The average molecular weight is 215 g/mol. The van der Waals surface area contributed by atoms with Crippen LogP contribution in [0.2, 0.25) is 0 Å². The van der Waals surface area contributed by atoms with Crippen LogP contribution in [-0.2, 0) is 6.42 Å². The summed E-state index contributed by atoms with van der Waals surface area (Å²) < 4.78 is 0. The van der Waals surface area contributed by atoms with Gasteiger partial charge < -0.3 is 10.3 Å². The molecule has 3 heteroatoms. The molecule has 1 aromatic heterocycles. The van der Waals surface area contributed by atoms with Crippen molar-refractivity contribution in [3.8, 4) is 0 Å². The Bertz CT molecular complexity index is 436. The molecule has 0 saturated carbocycles. The second-order valence-corrected chi connectivity index (χ2v) is 4.62. The summed E-state index contributed by atoms with van der Waals surface area (Å²) in [5.41, 5.74) is 2.24. The fourth-order valence-corrected chi connectivity index (χ4v) is 2.47. The zero-order valence-electron chi connectivity index (χ0n) is 9.37. The number of hydrogen-bond donors (Lipinski definition) is 2. The summed E-state index contributed by atoms with van der Waals surface area (Å²) in [5, 5.41) is 3.45. The molecule has 1 aliphatic heterocycles. The van der Waals surface area contributed by atoms with Crippen molar-refractivity contribution in [1.82, 2.24) is 15.3 Å². The highest BCUT2D eigenvalue weighted by Crippen LogP contribution is 2.17. The average Bonchev–Trinajstić information content (AvgIpc) is 2.72. The second kappa shape index (κ2) is 4.26. The van der Waals surface area contributed by atoms with E-state index >= 15 is 0 Å². The highest BCUT2D eigenvalue weighted by atomic mass is 14.9. The Morgan fingerprint density at radius 1 is 1.31 bits per heavy atom. The number of nitrogens with one attached hydrogen (secondary N) is 2. The van der Waals surface area contributed by atoms with Crippen LogP contribution in [0.4, 0.5) is 0 Å². The maximum atomic E-state index is 4.62. The smallest absolute Gasteiger partial charge is 0.107 e. The fourth-order valence-electron chi connectivity index (χ4n) is 2.47. The molecule has 1 unspecified atom stereocenters. The first-order chi connectivity index (χ1) is 7.92. The van der Waals surface area contributed by atoms with Gasteiger partial charge in [-0.25, -0.2) is 4.98 Å². The number of aromatic nitrogens is 2. The Hall–Kier alpha value is -1.35. The number of rotatable bonds is 2. The lowest BCUT2D eigenvalue weighted by atomic mass is 9.96. The number of aromatic amines is 1. The Balaban J connectivity index is 1.78. The van der Waals surface area contributed by atoms with Gasteiger partial charge in [-0.1, -0.05) is 12.1 Å². The summed E-state index contributed by atoms with van der Waals surface area (Å²) >= 11 is 0. The minimum absolute atomic E-state index is 0.745. The highest BCUT2D eigenvalue weighted by molar-refractivity contribution is 5.74. The molecule has 16 heavy (non-hydrogen) atoms. The van der Waals surface area contributed by atoms with Gasteiger partial charge in [0, 0.05) is 6.42 Å². The lowest BCUT2D eigenvalue weighted by molar-refractivity contribution is 0.371. The van der Waals surface area contributed by atoms with E-state index in [1.165, 1.54) is 19.4 Å². The van der Waals surface area contributed by atoms with Gasteiger partial charge in [-0.2, -0.15) is 0 Å². The topological polar surface area (TPSA) is 40.7 Å². The predicted octanol–water partition coefficient (Wildman–Crippen LogP) is 2.10. The summed E-state index contributed by atoms with van der Waals surface area (Å²) in [6.45, 7) is 2.31. The number of nitrogens with zero attached hydrogens (tertiary/aromatic N) is 1. The van der Waals surface area contributed by atoms with E-state index in [0.717, 1.165) is 35.7 Å². The zero-order valence-corrected chi connectivity index (χ0v) is 9.37. The Morgan fingerprint density at radius 3 is 3.06 bits per heavy atom. The van der Waals surface area contributed by atoms with Crippen molar-refractivity contribution in [1.29, 1.82) is 0 Å². The summed E-state index contributed by atoms with van der Waals surface area (Å²) in [7, 11) is 0. The quantitative estimate of drug-likeness (QED) is 0.805. The molecule has 3 rings (SSSR count). The molecule has 0 amide bonds. The lowest BCUT2D eigenvalue weighted by Crippen LogP contribution is -2.31. The van der Waals surface area contributed by atoms with Crippen LogP contribution in [0.1, 0.15) is 18.7 Å². The van der Waals surface area contributed by atoms with E-state index in [0.29, 0.717) is 0 Å². The number of fused-ring (bicyclic) bond motifs is 1. The molecular formula is C13H17N3. The third-order valence-electron chi connectivity index (χ3n) is 3.32. The van der Waals surface area contributed by atoms with Gasteiger partial charge in [-0.3, -0.25) is 0 Å². The van der Waals surface area contributed by atoms with E-state index in [4.69, 9.17) is 0 Å². The van der Waals surface area contributed by atoms with E-state index in [1.807, 2.05) is 12.1 Å². The molecule has 2 heterocycles. The van der Waals surface area contributed by atoms with Crippen LogP contribution < -0.4 is 5.32 Å². The maximum Gasteiger partial charge on any atom is 0.107 e. The van der Waals surface area contributed by atoms with Crippen LogP contribution in [0.25, 0.3) is 11.0 Å². The molecule has 0 aliphatic carbocycles. The van der Waals surface area contributed by atoms with Gasteiger partial charge in [0.1, 0.15) is 5.82 Å². The molecule has 2 aromatic rings. The Kier molecular flexibility index (Phi) is 2.62. The van der Waals surface area contributed by atoms with Crippen LogP contribution >= 0.6 is 0 Å². The molecule has 0 spiro atoms. The second-order valence-electron chi connectivity index (χ2n) is 4.62. The van der Waals surface area contributed by atoms with Crippen LogP contribution in [0.3, 0.4) is 0 Å². The van der Waals surface area contributed by atoms with Gasteiger partial charge in [-0.05, 0) is 44.0 Å². The first kappa shape index (κ1) is 9.85. The van der Waals surface area contributed by atoms with Gasteiger partial charge in [0.15, 0.2) is 0 Å². The number of H-pyrrole nitrogens is 1. The van der Waals surface area contributed by atoms with E-state index in [9.17, 15) is 0 Å². The van der Waals surface area contributed by atoms with Crippen LogP contribution in [0.15, 0.2) is 24.3 Å². The standard InChI is InChI=1S/C13H17N3/c1-2-6-12-11(5-1)15-13(16-12)8-10-4-3-7-14-9-10/h1-2,5-6,10,14H,3-4,7-9H2,(H,15,16). The molecule has 2 N–H and O–H groups in total.